The highest BCUT2D eigenvalue weighted by Gasteiger charge is 2.06. The maximum Gasteiger partial charge on any atom is 0.244 e. The van der Waals surface area contributed by atoms with Gasteiger partial charge in [0.15, 0.2) is 0 Å². The Bertz CT molecular complexity index is 577. The molecule has 0 unspecified atom stereocenters. The molecule has 2 N–H and O–H groups in total. The van der Waals surface area contributed by atoms with Gasteiger partial charge in [0.05, 0.1) is 12.0 Å². The molecule has 1 amide bonds. The van der Waals surface area contributed by atoms with Crippen LogP contribution in [-0.4, -0.2) is 29.1 Å². The van der Waals surface area contributed by atoms with Crippen LogP contribution in [0.15, 0.2) is 36.8 Å². The number of carbonyl (C=O) groups excluding carboxylic acids is 1. The molecule has 0 aliphatic rings. The van der Waals surface area contributed by atoms with Crippen molar-refractivity contribution in [2.45, 2.75) is 19.9 Å². The third-order valence-electron chi connectivity index (χ3n) is 3.06. The number of likely N-dealkylation sites (N-methyl/N-ethyl adjacent to an activating group) is 1. The number of benzene rings is 1. The largest absolute Gasteiger partial charge is 0.328 e. The lowest BCUT2D eigenvalue weighted by atomic mass is 10.2. The van der Waals surface area contributed by atoms with Crippen molar-refractivity contribution < 1.29 is 4.79 Å². The zero-order valence-electron chi connectivity index (χ0n) is 11.9. The van der Waals surface area contributed by atoms with E-state index >= 15 is 0 Å². The minimum absolute atomic E-state index is 0.0446. The lowest BCUT2D eigenvalue weighted by Gasteiger charge is -2.08. The molecule has 106 valence electrons. The first-order valence-corrected chi connectivity index (χ1v) is 6.70. The van der Waals surface area contributed by atoms with Gasteiger partial charge in [0.2, 0.25) is 5.91 Å². The number of aryl methyl sites for hydroxylation is 1. The molecule has 5 nitrogen and oxygen atoms in total. The molecule has 20 heavy (non-hydrogen) atoms. The Kier molecular flexibility index (Phi) is 4.90. The highest BCUT2D eigenvalue weighted by Crippen LogP contribution is 2.13. The van der Waals surface area contributed by atoms with E-state index in [1.165, 1.54) is 0 Å². The van der Waals surface area contributed by atoms with Crippen molar-refractivity contribution in [3.05, 3.63) is 48.0 Å². The first kappa shape index (κ1) is 14.3. The highest BCUT2D eigenvalue weighted by molar-refractivity contribution is 5.91. The van der Waals surface area contributed by atoms with Gasteiger partial charge >= 0.3 is 0 Å². The van der Waals surface area contributed by atoms with Crippen LogP contribution in [0, 0.1) is 6.92 Å². The third kappa shape index (κ3) is 3.93. The monoisotopic (exact) mass is 272 g/mol. The van der Waals surface area contributed by atoms with Gasteiger partial charge in [-0.25, -0.2) is 4.98 Å². The average molecular weight is 272 g/mol. The van der Waals surface area contributed by atoms with Gasteiger partial charge in [-0.15, -0.1) is 0 Å². The van der Waals surface area contributed by atoms with Crippen LogP contribution >= 0.6 is 0 Å². The van der Waals surface area contributed by atoms with Gasteiger partial charge in [0, 0.05) is 24.8 Å². The van der Waals surface area contributed by atoms with E-state index in [0.29, 0.717) is 0 Å². The standard InChI is InChI=1S/C15H20N4O/c1-12-5-3-4-6-14(12)18-15(20)10-19-9-13(17-11-19)7-8-16-2/h3-6,9,11,16H,7-8,10H2,1-2H3,(H,18,20). The van der Waals surface area contributed by atoms with Gasteiger partial charge in [0.25, 0.3) is 0 Å². The number of nitrogens with one attached hydrogen (secondary N) is 2. The normalized spacial score (nSPS) is 10.5. The lowest BCUT2D eigenvalue weighted by Crippen LogP contribution is -2.18. The van der Waals surface area contributed by atoms with Gasteiger partial charge < -0.3 is 15.2 Å². The molecule has 0 spiro atoms. The summed E-state index contributed by atoms with van der Waals surface area (Å²) in [4.78, 5) is 16.3. The molecule has 0 radical (unpaired) electrons. The molecule has 0 aliphatic heterocycles. The number of nitrogens with zero attached hydrogens (tertiary/aromatic N) is 2. The fourth-order valence-corrected chi connectivity index (χ4v) is 1.94. The topological polar surface area (TPSA) is 59.0 Å². The second-order valence-electron chi connectivity index (χ2n) is 4.75. The first-order valence-electron chi connectivity index (χ1n) is 6.70. The minimum Gasteiger partial charge on any atom is -0.328 e. The SMILES string of the molecule is CNCCc1cn(CC(=O)Nc2ccccc2C)cn1. The summed E-state index contributed by atoms with van der Waals surface area (Å²) in [6, 6.07) is 7.74. The number of para-hydroxylation sites is 1. The Balaban J connectivity index is 1.91. The van der Waals surface area contributed by atoms with Gasteiger partial charge in [-0.05, 0) is 25.6 Å². The second kappa shape index (κ2) is 6.86. The second-order valence-corrected chi connectivity index (χ2v) is 4.75. The predicted molar refractivity (Wildman–Crippen MR) is 79.7 cm³/mol. The smallest absolute Gasteiger partial charge is 0.244 e. The van der Waals surface area contributed by atoms with Crippen LogP contribution in [0.4, 0.5) is 5.69 Å². The first-order chi connectivity index (χ1) is 9.69. The van der Waals surface area contributed by atoms with E-state index in [1.54, 1.807) is 10.9 Å². The molecule has 5 heteroatoms. The number of anilines is 1. The van der Waals surface area contributed by atoms with Crippen LogP contribution in [-0.2, 0) is 17.8 Å². The lowest BCUT2D eigenvalue weighted by molar-refractivity contribution is -0.116. The third-order valence-corrected chi connectivity index (χ3v) is 3.06. The highest BCUT2D eigenvalue weighted by atomic mass is 16.1. The molecule has 1 heterocycles. The van der Waals surface area contributed by atoms with E-state index in [9.17, 15) is 4.79 Å². The fourth-order valence-electron chi connectivity index (χ4n) is 1.94. The number of rotatable bonds is 6. The number of aromatic nitrogens is 2. The molecule has 2 aromatic rings. The van der Waals surface area contributed by atoms with Crippen molar-refractivity contribution in [3.63, 3.8) is 0 Å². The maximum absolute atomic E-state index is 12.0. The van der Waals surface area contributed by atoms with Crippen molar-refractivity contribution in [2.24, 2.45) is 0 Å². The molecule has 2 rings (SSSR count). The molecular weight excluding hydrogens is 252 g/mol. The van der Waals surface area contributed by atoms with Gasteiger partial charge in [0.1, 0.15) is 6.54 Å². The Labute approximate surface area is 119 Å². The molecule has 0 saturated heterocycles. The van der Waals surface area contributed by atoms with Crippen molar-refractivity contribution >= 4 is 11.6 Å². The van der Waals surface area contributed by atoms with Crippen LogP contribution in [0.2, 0.25) is 0 Å². The van der Waals surface area contributed by atoms with Gasteiger partial charge in [-0.2, -0.15) is 0 Å². The molecule has 1 aromatic carbocycles. The van der Waals surface area contributed by atoms with Crippen molar-refractivity contribution in [1.82, 2.24) is 14.9 Å². The molecule has 1 aromatic heterocycles. The number of carbonyl (C=O) groups is 1. The fraction of sp³-hybridized carbons (Fsp3) is 0.333. The van der Waals surface area contributed by atoms with E-state index in [2.05, 4.69) is 15.6 Å². The van der Waals surface area contributed by atoms with E-state index in [-0.39, 0.29) is 12.5 Å². The van der Waals surface area contributed by atoms with Crippen LogP contribution in [0.1, 0.15) is 11.3 Å². The van der Waals surface area contributed by atoms with Crippen molar-refractivity contribution in [3.8, 4) is 0 Å². The predicted octanol–water partition coefficient (Wildman–Crippen LogP) is 1.59. The number of hydrogen-bond donors (Lipinski definition) is 2. The molecule has 0 aliphatic carbocycles. The summed E-state index contributed by atoms with van der Waals surface area (Å²) in [5.41, 5.74) is 2.90. The van der Waals surface area contributed by atoms with Crippen LogP contribution in [0.25, 0.3) is 0 Å². The zero-order chi connectivity index (χ0) is 14.4. The van der Waals surface area contributed by atoms with E-state index in [0.717, 1.165) is 29.9 Å². The molecule has 0 bridgehead atoms. The molecule has 0 fully saturated rings. The Morgan fingerprint density at radius 2 is 2.15 bits per heavy atom. The van der Waals surface area contributed by atoms with Crippen LogP contribution < -0.4 is 10.6 Å². The summed E-state index contributed by atoms with van der Waals surface area (Å²) in [7, 11) is 1.91. The van der Waals surface area contributed by atoms with Gasteiger partial charge in [-0.1, -0.05) is 18.2 Å². The van der Waals surface area contributed by atoms with Crippen LogP contribution in [0.5, 0.6) is 0 Å². The Hall–Kier alpha value is -2.14. The van der Waals surface area contributed by atoms with E-state index in [4.69, 9.17) is 0 Å². The summed E-state index contributed by atoms with van der Waals surface area (Å²) in [6.07, 6.45) is 4.47. The Morgan fingerprint density at radius 3 is 2.90 bits per heavy atom. The number of amides is 1. The summed E-state index contributed by atoms with van der Waals surface area (Å²) in [6.45, 7) is 3.13. The van der Waals surface area contributed by atoms with Crippen LogP contribution in [0.3, 0.4) is 0 Å². The van der Waals surface area contributed by atoms with E-state index < -0.39 is 0 Å². The minimum atomic E-state index is -0.0446. The number of imidazole rings is 1. The summed E-state index contributed by atoms with van der Waals surface area (Å²) in [5, 5.41) is 5.99. The maximum atomic E-state index is 12.0. The summed E-state index contributed by atoms with van der Waals surface area (Å²) >= 11 is 0. The van der Waals surface area contributed by atoms with Crippen molar-refractivity contribution in [1.29, 1.82) is 0 Å². The zero-order valence-corrected chi connectivity index (χ0v) is 11.9. The molecule has 0 atom stereocenters. The quantitative estimate of drug-likeness (QED) is 0.839. The van der Waals surface area contributed by atoms with E-state index in [1.807, 2.05) is 44.4 Å². The molecule has 0 saturated carbocycles. The van der Waals surface area contributed by atoms with Gasteiger partial charge in [-0.3, -0.25) is 4.79 Å². The molecular formula is C15H20N4O. The summed E-state index contributed by atoms with van der Waals surface area (Å²) in [5.74, 6) is -0.0446. The van der Waals surface area contributed by atoms with Crippen molar-refractivity contribution in [2.75, 3.05) is 18.9 Å². The Morgan fingerprint density at radius 1 is 1.35 bits per heavy atom. The average Bonchev–Trinajstić information content (AvgIpc) is 2.86. The number of hydrogen-bond acceptors (Lipinski definition) is 3. The summed E-state index contributed by atoms with van der Waals surface area (Å²) < 4.78 is 1.80.